The van der Waals surface area contributed by atoms with Crippen molar-refractivity contribution in [3.05, 3.63) is 76.7 Å². The first-order valence-corrected chi connectivity index (χ1v) is 8.78. The molecule has 0 unspecified atom stereocenters. The molecule has 4 aliphatic rings. The first kappa shape index (κ1) is 14.8. The summed E-state index contributed by atoms with van der Waals surface area (Å²) >= 11 is 0. The Labute approximate surface area is 147 Å². The van der Waals surface area contributed by atoms with Gasteiger partial charge < -0.3 is 9.47 Å². The van der Waals surface area contributed by atoms with Crippen LogP contribution in [-0.4, -0.2) is 20.0 Å². The molecule has 3 nitrogen and oxygen atoms in total. The number of carbonyl (C=O) groups excluding carboxylic acids is 1. The normalized spacial score (nSPS) is 28.2. The second-order valence-electron chi connectivity index (χ2n) is 7.17. The van der Waals surface area contributed by atoms with Gasteiger partial charge in [0.1, 0.15) is 5.78 Å². The Kier molecular flexibility index (Phi) is 2.94. The molecule has 1 spiro atoms. The number of hydrogen-bond donors (Lipinski definition) is 0. The van der Waals surface area contributed by atoms with Gasteiger partial charge in [-0.1, -0.05) is 48.5 Å². The van der Waals surface area contributed by atoms with Gasteiger partial charge in [-0.05, 0) is 34.6 Å². The lowest BCUT2D eigenvalue weighted by Crippen LogP contribution is -2.49. The zero-order chi connectivity index (χ0) is 17.2. The number of methoxy groups -OCH3 is 2. The Morgan fingerprint density at radius 3 is 2.44 bits per heavy atom. The van der Waals surface area contributed by atoms with E-state index in [9.17, 15) is 4.79 Å². The maximum atomic E-state index is 13.5. The van der Waals surface area contributed by atoms with E-state index in [1.54, 1.807) is 14.2 Å². The number of fused-ring (bicyclic) bond motifs is 2. The molecule has 0 radical (unpaired) electrons. The lowest BCUT2D eigenvalue weighted by atomic mass is 9.51. The summed E-state index contributed by atoms with van der Waals surface area (Å²) in [4.78, 5) is 13.5. The fraction of sp³-hybridized carbons (Fsp3) is 0.318. The number of ether oxygens (including phenoxy) is 2. The van der Waals surface area contributed by atoms with E-state index in [0.717, 1.165) is 23.1 Å². The van der Waals surface area contributed by atoms with Crippen LogP contribution < -0.4 is 0 Å². The average molecular weight is 332 g/mol. The predicted molar refractivity (Wildman–Crippen MR) is 95.2 cm³/mol. The fourth-order valence-electron chi connectivity index (χ4n) is 5.52. The SMILES string of the molecule is COC(OC)=C1c2ccccc2[C@H]2C[C@@H]3CC(=O)[C@]12c1ccccc13. The van der Waals surface area contributed by atoms with Crippen molar-refractivity contribution in [2.45, 2.75) is 30.1 Å². The van der Waals surface area contributed by atoms with E-state index in [2.05, 4.69) is 36.4 Å². The van der Waals surface area contributed by atoms with Crippen LogP contribution in [0.1, 0.15) is 46.9 Å². The van der Waals surface area contributed by atoms with E-state index >= 15 is 0 Å². The minimum atomic E-state index is -0.670. The number of ketones is 1. The standard InChI is InChI=1S/C22H20O3/c1-24-21(25-2)20-16-9-4-3-8-15(16)18-11-13-12-19(23)22(18,20)17-10-6-5-7-14(13)17/h3-10,13,18H,11-12H2,1-2H3/t13-,18-,22-/m1/s1. The minimum Gasteiger partial charge on any atom is -0.469 e. The molecule has 0 N–H and O–H groups in total. The Morgan fingerprint density at radius 2 is 1.68 bits per heavy atom. The zero-order valence-corrected chi connectivity index (χ0v) is 14.4. The summed E-state index contributed by atoms with van der Waals surface area (Å²) in [7, 11) is 3.23. The molecule has 2 aromatic carbocycles. The van der Waals surface area contributed by atoms with Crippen LogP contribution in [0.4, 0.5) is 0 Å². The molecule has 0 aromatic heterocycles. The summed E-state index contributed by atoms with van der Waals surface area (Å²) in [6.45, 7) is 0. The summed E-state index contributed by atoms with van der Waals surface area (Å²) in [5.74, 6) is 1.24. The quantitative estimate of drug-likeness (QED) is 0.775. The van der Waals surface area contributed by atoms with Crippen LogP contribution in [0.5, 0.6) is 0 Å². The van der Waals surface area contributed by atoms with E-state index in [1.807, 2.05) is 12.1 Å². The van der Waals surface area contributed by atoms with E-state index < -0.39 is 5.41 Å². The molecule has 1 fully saturated rings. The molecule has 3 heteroatoms. The van der Waals surface area contributed by atoms with Crippen LogP contribution >= 0.6 is 0 Å². The van der Waals surface area contributed by atoms with Gasteiger partial charge in [-0.25, -0.2) is 0 Å². The Balaban J connectivity index is 1.94. The summed E-state index contributed by atoms with van der Waals surface area (Å²) in [5, 5.41) is 0. The van der Waals surface area contributed by atoms with Gasteiger partial charge in [0.15, 0.2) is 0 Å². The van der Waals surface area contributed by atoms with Gasteiger partial charge in [-0.15, -0.1) is 0 Å². The molecule has 3 atom stereocenters. The molecule has 0 aliphatic heterocycles. The molecule has 0 heterocycles. The van der Waals surface area contributed by atoms with Crippen LogP contribution in [0.25, 0.3) is 5.57 Å². The van der Waals surface area contributed by atoms with Gasteiger partial charge in [-0.2, -0.15) is 0 Å². The van der Waals surface area contributed by atoms with Crippen LogP contribution in [0.15, 0.2) is 54.5 Å². The summed E-state index contributed by atoms with van der Waals surface area (Å²) in [5.41, 5.74) is 5.04. The monoisotopic (exact) mass is 332 g/mol. The number of carbonyl (C=O) groups is 1. The minimum absolute atomic E-state index is 0.167. The third-order valence-corrected chi connectivity index (χ3v) is 6.31. The molecule has 0 saturated heterocycles. The fourth-order valence-corrected chi connectivity index (χ4v) is 5.52. The predicted octanol–water partition coefficient (Wildman–Crippen LogP) is 4.14. The smallest absolute Gasteiger partial charge is 0.283 e. The molecule has 126 valence electrons. The van der Waals surface area contributed by atoms with Crippen molar-refractivity contribution in [3.63, 3.8) is 0 Å². The Bertz CT molecular complexity index is 920. The molecular weight excluding hydrogens is 312 g/mol. The van der Waals surface area contributed by atoms with Crippen LogP contribution in [0.2, 0.25) is 0 Å². The lowest BCUT2D eigenvalue weighted by molar-refractivity contribution is -0.126. The number of benzene rings is 2. The van der Waals surface area contributed by atoms with Crippen molar-refractivity contribution in [2.24, 2.45) is 0 Å². The van der Waals surface area contributed by atoms with E-state index in [0.29, 0.717) is 24.1 Å². The Morgan fingerprint density at radius 1 is 1.00 bits per heavy atom. The van der Waals surface area contributed by atoms with E-state index in [1.165, 1.54) is 11.1 Å². The Hall–Kier alpha value is -2.55. The van der Waals surface area contributed by atoms with Gasteiger partial charge in [0, 0.05) is 12.3 Å². The summed E-state index contributed by atoms with van der Waals surface area (Å²) in [6, 6.07) is 16.8. The topological polar surface area (TPSA) is 35.5 Å². The van der Waals surface area contributed by atoms with Crippen molar-refractivity contribution in [1.29, 1.82) is 0 Å². The largest absolute Gasteiger partial charge is 0.469 e. The highest BCUT2D eigenvalue weighted by Gasteiger charge is 2.64. The maximum absolute atomic E-state index is 13.5. The van der Waals surface area contributed by atoms with Crippen LogP contribution in [-0.2, 0) is 19.7 Å². The number of hydrogen-bond acceptors (Lipinski definition) is 3. The van der Waals surface area contributed by atoms with Crippen molar-refractivity contribution in [1.82, 2.24) is 0 Å². The van der Waals surface area contributed by atoms with Gasteiger partial charge in [0.25, 0.3) is 5.95 Å². The maximum Gasteiger partial charge on any atom is 0.283 e. The molecule has 1 saturated carbocycles. The number of rotatable bonds is 2. The van der Waals surface area contributed by atoms with Gasteiger partial charge >= 0.3 is 0 Å². The average Bonchev–Trinajstić information content (AvgIpc) is 2.96. The third-order valence-electron chi connectivity index (χ3n) is 6.31. The molecule has 4 aliphatic carbocycles. The zero-order valence-electron chi connectivity index (χ0n) is 14.4. The van der Waals surface area contributed by atoms with Crippen LogP contribution in [0, 0.1) is 0 Å². The molecule has 0 amide bonds. The van der Waals surface area contributed by atoms with Gasteiger partial charge in [-0.3, -0.25) is 4.79 Å². The lowest BCUT2D eigenvalue weighted by Gasteiger charge is -2.49. The number of Topliss-reactive ketones (excluding diaryl/α,β-unsaturated/α-hetero) is 1. The summed E-state index contributed by atoms with van der Waals surface area (Å²) < 4.78 is 11.2. The second kappa shape index (κ2) is 4.98. The highest BCUT2D eigenvalue weighted by molar-refractivity contribution is 6.10. The molecule has 6 rings (SSSR count). The molecular formula is C22H20O3. The molecule has 2 bridgehead atoms. The molecule has 2 aromatic rings. The van der Waals surface area contributed by atoms with E-state index in [4.69, 9.17) is 9.47 Å². The number of allylic oxidation sites excluding steroid dienone is 1. The van der Waals surface area contributed by atoms with Crippen molar-refractivity contribution >= 4 is 11.4 Å². The third kappa shape index (κ3) is 1.59. The second-order valence-corrected chi connectivity index (χ2v) is 7.17. The highest BCUT2D eigenvalue weighted by Crippen LogP contribution is 2.67. The highest BCUT2D eigenvalue weighted by atomic mass is 16.7. The van der Waals surface area contributed by atoms with Crippen molar-refractivity contribution in [2.75, 3.05) is 14.2 Å². The first-order valence-electron chi connectivity index (χ1n) is 8.78. The van der Waals surface area contributed by atoms with Crippen molar-refractivity contribution in [3.8, 4) is 0 Å². The van der Waals surface area contributed by atoms with E-state index in [-0.39, 0.29) is 5.92 Å². The first-order chi connectivity index (χ1) is 12.2. The molecule has 25 heavy (non-hydrogen) atoms. The van der Waals surface area contributed by atoms with Gasteiger partial charge in [0.05, 0.1) is 25.2 Å². The van der Waals surface area contributed by atoms with Crippen molar-refractivity contribution < 1.29 is 14.3 Å². The summed E-state index contributed by atoms with van der Waals surface area (Å²) in [6.07, 6.45) is 1.61. The van der Waals surface area contributed by atoms with Gasteiger partial charge in [0.2, 0.25) is 0 Å². The van der Waals surface area contributed by atoms with Crippen LogP contribution in [0.3, 0.4) is 0 Å².